The van der Waals surface area contributed by atoms with Gasteiger partial charge < -0.3 is 14.4 Å². The fourth-order valence-electron chi connectivity index (χ4n) is 3.40. The van der Waals surface area contributed by atoms with E-state index in [2.05, 4.69) is 17.9 Å². The van der Waals surface area contributed by atoms with Crippen LogP contribution in [0.15, 0.2) is 16.5 Å². The van der Waals surface area contributed by atoms with Gasteiger partial charge in [0.1, 0.15) is 11.5 Å². The summed E-state index contributed by atoms with van der Waals surface area (Å²) >= 11 is 0. The average Bonchev–Trinajstić information content (AvgIpc) is 2.75. The van der Waals surface area contributed by atoms with Gasteiger partial charge in [0.15, 0.2) is 0 Å². The molecule has 0 amide bonds. The number of rotatable bonds is 5. The van der Waals surface area contributed by atoms with E-state index in [4.69, 9.17) is 9.52 Å². The maximum atomic E-state index is 10.9. The monoisotopic (exact) mass is 263 g/mol. The number of fused-ring (bicyclic) bond motifs is 1. The molecule has 1 aliphatic carbocycles. The van der Waals surface area contributed by atoms with Crippen LogP contribution in [0.5, 0.6) is 0 Å². The van der Waals surface area contributed by atoms with Crippen molar-refractivity contribution in [3.63, 3.8) is 0 Å². The zero-order chi connectivity index (χ0) is 13.6. The average molecular weight is 263 g/mol. The van der Waals surface area contributed by atoms with Crippen LogP contribution in [0.2, 0.25) is 0 Å². The number of hydrogen-bond acceptors (Lipinski definition) is 3. The molecule has 1 N–H and O–H groups in total. The SMILES string of the molecule is Cc1ccc([C@@H](C)CCN2C[C@@H]3C(C(=O)O)[C@@H]3C2)o1. The van der Waals surface area contributed by atoms with Crippen molar-refractivity contribution in [1.82, 2.24) is 4.90 Å². The van der Waals surface area contributed by atoms with Crippen molar-refractivity contribution in [2.24, 2.45) is 17.8 Å². The fourth-order valence-corrected chi connectivity index (χ4v) is 3.40. The van der Waals surface area contributed by atoms with E-state index in [0.717, 1.165) is 37.6 Å². The Morgan fingerprint density at radius 2 is 2.16 bits per heavy atom. The van der Waals surface area contributed by atoms with Crippen molar-refractivity contribution in [1.29, 1.82) is 0 Å². The van der Waals surface area contributed by atoms with Gasteiger partial charge in [-0.1, -0.05) is 6.92 Å². The molecule has 1 saturated carbocycles. The topological polar surface area (TPSA) is 53.7 Å². The maximum Gasteiger partial charge on any atom is 0.307 e. The molecule has 2 aliphatic rings. The Bertz CT molecular complexity index is 469. The largest absolute Gasteiger partial charge is 0.481 e. The summed E-state index contributed by atoms with van der Waals surface area (Å²) in [4.78, 5) is 13.3. The molecule has 1 unspecified atom stereocenters. The van der Waals surface area contributed by atoms with E-state index in [9.17, 15) is 4.79 Å². The minimum Gasteiger partial charge on any atom is -0.481 e. The molecule has 2 heterocycles. The summed E-state index contributed by atoms with van der Waals surface area (Å²) in [6, 6.07) is 4.07. The normalized spacial score (nSPS) is 31.2. The number of hydrogen-bond donors (Lipinski definition) is 1. The van der Waals surface area contributed by atoms with Crippen molar-refractivity contribution in [2.45, 2.75) is 26.2 Å². The third kappa shape index (κ3) is 2.41. The third-order valence-electron chi connectivity index (χ3n) is 4.68. The molecular formula is C15H21NO3. The summed E-state index contributed by atoms with van der Waals surface area (Å²) in [7, 11) is 0. The molecule has 2 fully saturated rings. The van der Waals surface area contributed by atoms with Crippen molar-refractivity contribution in [3.8, 4) is 0 Å². The van der Waals surface area contributed by atoms with Crippen LogP contribution in [0.1, 0.15) is 30.8 Å². The minimum atomic E-state index is -0.603. The highest BCUT2D eigenvalue weighted by Gasteiger charge is 2.59. The Labute approximate surface area is 113 Å². The van der Waals surface area contributed by atoms with Crippen LogP contribution in [0.25, 0.3) is 0 Å². The van der Waals surface area contributed by atoms with Crippen molar-refractivity contribution in [2.75, 3.05) is 19.6 Å². The predicted molar refractivity (Wildman–Crippen MR) is 71.0 cm³/mol. The Balaban J connectivity index is 1.44. The van der Waals surface area contributed by atoms with Gasteiger partial charge in [-0.2, -0.15) is 0 Å². The van der Waals surface area contributed by atoms with Gasteiger partial charge in [-0.25, -0.2) is 0 Å². The van der Waals surface area contributed by atoms with Crippen LogP contribution in [-0.2, 0) is 4.79 Å². The van der Waals surface area contributed by atoms with E-state index in [1.54, 1.807) is 0 Å². The number of carboxylic acids is 1. The quantitative estimate of drug-likeness (QED) is 0.886. The third-order valence-corrected chi connectivity index (χ3v) is 4.68. The van der Waals surface area contributed by atoms with Crippen LogP contribution < -0.4 is 0 Å². The predicted octanol–water partition coefficient (Wildman–Crippen LogP) is 2.34. The molecule has 1 aromatic rings. The first-order valence-electron chi connectivity index (χ1n) is 7.07. The summed E-state index contributed by atoms with van der Waals surface area (Å²) in [5.41, 5.74) is 0. The second-order valence-corrected chi connectivity index (χ2v) is 6.09. The second kappa shape index (κ2) is 4.67. The molecule has 104 valence electrons. The molecule has 0 bridgehead atoms. The van der Waals surface area contributed by atoms with Gasteiger partial charge in [0.05, 0.1) is 5.92 Å². The standard InChI is InChI=1S/C15H21NO3/c1-9(13-4-3-10(2)19-13)5-6-16-7-11-12(8-16)14(11)15(17)18/h3-4,9,11-12,14H,5-8H2,1-2H3,(H,17,18)/t9-,11-,12+,14?/m0/s1. The summed E-state index contributed by atoms with van der Waals surface area (Å²) in [5, 5.41) is 8.98. The van der Waals surface area contributed by atoms with Crippen LogP contribution >= 0.6 is 0 Å². The van der Waals surface area contributed by atoms with Gasteiger partial charge >= 0.3 is 5.97 Å². The van der Waals surface area contributed by atoms with E-state index in [0.29, 0.717) is 17.8 Å². The Kier molecular flexibility index (Phi) is 3.13. The lowest BCUT2D eigenvalue weighted by molar-refractivity contribution is -0.139. The lowest BCUT2D eigenvalue weighted by atomic mass is 10.0. The first-order chi connectivity index (χ1) is 9.06. The number of aryl methyl sites for hydroxylation is 1. The number of nitrogens with zero attached hydrogens (tertiary/aromatic N) is 1. The molecule has 19 heavy (non-hydrogen) atoms. The molecule has 4 nitrogen and oxygen atoms in total. The number of aliphatic carboxylic acids is 1. The minimum absolute atomic E-state index is 0.0543. The molecule has 1 aromatic heterocycles. The van der Waals surface area contributed by atoms with E-state index in [1.807, 2.05) is 13.0 Å². The lowest BCUT2D eigenvalue weighted by Crippen LogP contribution is -2.28. The van der Waals surface area contributed by atoms with Gasteiger partial charge in [0, 0.05) is 19.0 Å². The summed E-state index contributed by atoms with van der Waals surface area (Å²) < 4.78 is 5.64. The first kappa shape index (κ1) is 12.7. The maximum absolute atomic E-state index is 10.9. The highest BCUT2D eigenvalue weighted by atomic mass is 16.4. The van der Waals surface area contributed by atoms with E-state index in [-0.39, 0.29) is 5.92 Å². The number of likely N-dealkylation sites (tertiary alicyclic amines) is 1. The Morgan fingerprint density at radius 1 is 1.47 bits per heavy atom. The molecule has 0 spiro atoms. The van der Waals surface area contributed by atoms with Crippen LogP contribution in [0, 0.1) is 24.7 Å². The molecule has 1 saturated heterocycles. The lowest BCUT2D eigenvalue weighted by Gasteiger charge is -2.20. The Morgan fingerprint density at radius 3 is 2.68 bits per heavy atom. The zero-order valence-corrected chi connectivity index (χ0v) is 11.5. The molecule has 3 rings (SSSR count). The second-order valence-electron chi connectivity index (χ2n) is 6.09. The number of piperidine rings is 1. The van der Waals surface area contributed by atoms with Gasteiger partial charge in [0.2, 0.25) is 0 Å². The van der Waals surface area contributed by atoms with E-state index in [1.165, 1.54) is 0 Å². The summed E-state index contributed by atoms with van der Waals surface area (Å²) in [5.74, 6) is 2.63. The molecular weight excluding hydrogens is 242 g/mol. The van der Waals surface area contributed by atoms with Gasteiger partial charge in [-0.15, -0.1) is 0 Å². The zero-order valence-electron chi connectivity index (χ0n) is 11.5. The fraction of sp³-hybridized carbons (Fsp3) is 0.667. The van der Waals surface area contributed by atoms with E-state index >= 15 is 0 Å². The van der Waals surface area contributed by atoms with Crippen molar-refractivity contribution in [3.05, 3.63) is 23.7 Å². The van der Waals surface area contributed by atoms with Crippen molar-refractivity contribution >= 4 is 5.97 Å². The van der Waals surface area contributed by atoms with Crippen LogP contribution in [0.4, 0.5) is 0 Å². The van der Waals surface area contributed by atoms with E-state index < -0.39 is 5.97 Å². The Hall–Kier alpha value is -1.29. The van der Waals surface area contributed by atoms with Gasteiger partial charge in [-0.05, 0) is 43.9 Å². The molecule has 0 aromatic carbocycles. The highest BCUT2D eigenvalue weighted by Crippen LogP contribution is 2.51. The number of furan rings is 1. The van der Waals surface area contributed by atoms with Gasteiger partial charge in [0.25, 0.3) is 0 Å². The highest BCUT2D eigenvalue weighted by molar-refractivity contribution is 5.74. The molecule has 4 heteroatoms. The van der Waals surface area contributed by atoms with Crippen LogP contribution in [-0.4, -0.2) is 35.6 Å². The van der Waals surface area contributed by atoms with Gasteiger partial charge in [-0.3, -0.25) is 4.79 Å². The summed E-state index contributed by atoms with van der Waals surface area (Å²) in [6.07, 6.45) is 1.07. The number of carbonyl (C=O) groups is 1. The summed E-state index contributed by atoms with van der Waals surface area (Å²) in [6.45, 7) is 7.13. The smallest absolute Gasteiger partial charge is 0.307 e. The molecule has 4 atom stereocenters. The molecule has 1 aliphatic heterocycles. The van der Waals surface area contributed by atoms with Crippen molar-refractivity contribution < 1.29 is 14.3 Å². The van der Waals surface area contributed by atoms with Crippen LogP contribution in [0.3, 0.4) is 0 Å². The number of carboxylic acid groups (broad SMARTS) is 1. The molecule has 0 radical (unpaired) electrons. The first-order valence-corrected chi connectivity index (χ1v) is 7.07.